The van der Waals surface area contributed by atoms with Crippen molar-refractivity contribution in [2.45, 2.75) is 52.5 Å². The maximum Gasteiger partial charge on any atom is 0.0738 e. The van der Waals surface area contributed by atoms with E-state index >= 15 is 0 Å². The van der Waals surface area contributed by atoms with Crippen molar-refractivity contribution in [1.29, 1.82) is 0 Å². The van der Waals surface area contributed by atoms with Crippen LogP contribution in [0.15, 0.2) is 4.47 Å². The summed E-state index contributed by atoms with van der Waals surface area (Å²) in [7, 11) is 2.03. The van der Waals surface area contributed by atoms with E-state index in [1.165, 1.54) is 12.1 Å². The van der Waals surface area contributed by atoms with Crippen LogP contribution >= 0.6 is 15.9 Å². The Balaban J connectivity index is 2.19. The van der Waals surface area contributed by atoms with E-state index in [0.29, 0.717) is 0 Å². The van der Waals surface area contributed by atoms with E-state index in [1.807, 2.05) is 18.7 Å². The first-order valence-electron chi connectivity index (χ1n) is 7.73. The Morgan fingerprint density at radius 1 is 1.43 bits per heavy atom. The van der Waals surface area contributed by atoms with Crippen LogP contribution in [0, 0.1) is 12.3 Å². The van der Waals surface area contributed by atoms with Gasteiger partial charge in [-0.2, -0.15) is 5.10 Å². The van der Waals surface area contributed by atoms with Gasteiger partial charge in [-0.3, -0.25) is 4.68 Å². The summed E-state index contributed by atoms with van der Waals surface area (Å²) in [5.74, 6) is 0. The van der Waals surface area contributed by atoms with Gasteiger partial charge in [0.15, 0.2) is 0 Å². The molecule has 0 spiro atoms. The average Bonchev–Trinajstić information content (AvgIpc) is 2.64. The molecule has 21 heavy (non-hydrogen) atoms. The van der Waals surface area contributed by atoms with E-state index in [0.717, 1.165) is 42.8 Å². The number of aromatic nitrogens is 2. The topological polar surface area (TPSA) is 39.1 Å². The molecule has 1 aromatic rings. The predicted octanol–water partition coefficient (Wildman–Crippen LogP) is 3.22. The van der Waals surface area contributed by atoms with E-state index in [-0.39, 0.29) is 11.0 Å². The summed E-state index contributed by atoms with van der Waals surface area (Å²) in [4.78, 5) is 0. The minimum Gasteiger partial charge on any atom is -0.381 e. The van der Waals surface area contributed by atoms with Crippen molar-refractivity contribution in [3.05, 3.63) is 15.9 Å². The third-order valence-electron chi connectivity index (χ3n) is 4.20. The number of hydrogen-bond acceptors (Lipinski definition) is 3. The molecule has 1 saturated heterocycles. The number of nitrogens with zero attached hydrogens (tertiary/aromatic N) is 2. The molecule has 0 bridgehead atoms. The van der Waals surface area contributed by atoms with Crippen LogP contribution in [-0.4, -0.2) is 35.1 Å². The molecular weight excluding hydrogens is 330 g/mol. The third kappa shape index (κ3) is 4.30. The van der Waals surface area contributed by atoms with Crippen LogP contribution in [0.5, 0.6) is 0 Å². The zero-order valence-electron chi connectivity index (χ0n) is 13.9. The second-order valence-corrected chi connectivity index (χ2v) is 8.20. The molecule has 1 unspecified atom stereocenters. The minimum atomic E-state index is 0.129. The second-order valence-electron chi connectivity index (χ2n) is 7.41. The van der Waals surface area contributed by atoms with Crippen LogP contribution in [0.4, 0.5) is 0 Å². The van der Waals surface area contributed by atoms with E-state index in [4.69, 9.17) is 4.74 Å². The van der Waals surface area contributed by atoms with Crippen molar-refractivity contribution in [3.8, 4) is 0 Å². The lowest BCUT2D eigenvalue weighted by Gasteiger charge is -2.39. The molecule has 0 aromatic carbocycles. The predicted molar refractivity (Wildman–Crippen MR) is 89.6 cm³/mol. The summed E-state index contributed by atoms with van der Waals surface area (Å²) in [6, 6.07) is 0. The van der Waals surface area contributed by atoms with Crippen molar-refractivity contribution < 1.29 is 4.74 Å². The van der Waals surface area contributed by atoms with E-state index in [1.54, 1.807) is 0 Å². The molecule has 0 amide bonds. The quantitative estimate of drug-likeness (QED) is 0.898. The maximum atomic E-state index is 5.82. The molecular formula is C16H28BrN3O. The van der Waals surface area contributed by atoms with E-state index < -0.39 is 0 Å². The summed E-state index contributed by atoms with van der Waals surface area (Å²) in [5.41, 5.74) is 2.62. The standard InChI is InChI=1S/C16H28BrN3O/c1-12-14(17)13(20(5)19-12)9-16(7-6-8-21-11-16)10-18-15(2,3)4/h18H,6-11H2,1-5H3. The fraction of sp³-hybridized carbons (Fsp3) is 0.812. The summed E-state index contributed by atoms with van der Waals surface area (Å²) in [6.45, 7) is 11.4. The van der Waals surface area contributed by atoms with Crippen LogP contribution in [0.25, 0.3) is 0 Å². The fourth-order valence-electron chi connectivity index (χ4n) is 2.93. The summed E-state index contributed by atoms with van der Waals surface area (Å²) < 4.78 is 8.98. The van der Waals surface area contributed by atoms with Gasteiger partial charge in [-0.15, -0.1) is 0 Å². The summed E-state index contributed by atoms with van der Waals surface area (Å²) >= 11 is 3.70. The highest BCUT2D eigenvalue weighted by Gasteiger charge is 2.35. The lowest BCUT2D eigenvalue weighted by molar-refractivity contribution is -0.0109. The van der Waals surface area contributed by atoms with Crippen LogP contribution in [-0.2, 0) is 18.2 Å². The molecule has 4 nitrogen and oxygen atoms in total. The van der Waals surface area contributed by atoms with E-state index in [9.17, 15) is 0 Å². The molecule has 0 saturated carbocycles. The van der Waals surface area contributed by atoms with Gasteiger partial charge in [-0.1, -0.05) is 0 Å². The van der Waals surface area contributed by atoms with Gasteiger partial charge in [0.05, 0.1) is 22.5 Å². The molecule has 1 fully saturated rings. The molecule has 0 radical (unpaired) electrons. The van der Waals surface area contributed by atoms with Gasteiger partial charge < -0.3 is 10.1 Å². The molecule has 0 aliphatic carbocycles. The number of halogens is 1. The Labute approximate surface area is 136 Å². The average molecular weight is 358 g/mol. The highest BCUT2D eigenvalue weighted by Crippen LogP contribution is 2.35. The molecule has 1 atom stereocenters. The molecule has 5 heteroatoms. The van der Waals surface area contributed by atoms with Gasteiger partial charge in [0.25, 0.3) is 0 Å². The number of aryl methyl sites for hydroxylation is 2. The normalized spacial score (nSPS) is 23.5. The Bertz CT molecular complexity index is 484. The molecule has 2 rings (SSSR count). The first kappa shape index (κ1) is 17.0. The fourth-order valence-corrected chi connectivity index (χ4v) is 3.41. The molecule has 120 valence electrons. The van der Waals surface area contributed by atoms with Crippen LogP contribution < -0.4 is 5.32 Å². The largest absolute Gasteiger partial charge is 0.381 e. The first-order chi connectivity index (χ1) is 9.72. The van der Waals surface area contributed by atoms with Crippen LogP contribution in [0.1, 0.15) is 45.0 Å². The van der Waals surface area contributed by atoms with Crippen molar-refractivity contribution in [2.24, 2.45) is 12.5 Å². The summed E-state index contributed by atoms with van der Waals surface area (Å²) in [5, 5.41) is 8.20. The monoisotopic (exact) mass is 357 g/mol. The molecule has 2 heterocycles. The molecule has 1 aromatic heterocycles. The number of ether oxygens (including phenoxy) is 1. The van der Waals surface area contributed by atoms with Gasteiger partial charge in [0.1, 0.15) is 0 Å². The highest BCUT2D eigenvalue weighted by molar-refractivity contribution is 9.10. The van der Waals surface area contributed by atoms with Crippen molar-refractivity contribution in [3.63, 3.8) is 0 Å². The lowest BCUT2D eigenvalue weighted by Crippen LogP contribution is -2.48. The van der Waals surface area contributed by atoms with Crippen LogP contribution in [0.3, 0.4) is 0 Å². The Kier molecular flexibility index (Phi) is 5.16. The SMILES string of the molecule is Cc1nn(C)c(CC2(CNC(C)(C)C)CCCOC2)c1Br. The van der Waals surface area contributed by atoms with Gasteiger partial charge >= 0.3 is 0 Å². The maximum absolute atomic E-state index is 5.82. The Morgan fingerprint density at radius 3 is 2.62 bits per heavy atom. The molecule has 1 aliphatic heterocycles. The second kappa shape index (κ2) is 6.39. The number of hydrogen-bond donors (Lipinski definition) is 1. The van der Waals surface area contributed by atoms with Gasteiger partial charge in [-0.05, 0) is 62.9 Å². The third-order valence-corrected chi connectivity index (χ3v) is 5.23. The lowest BCUT2D eigenvalue weighted by atomic mass is 9.77. The van der Waals surface area contributed by atoms with Crippen molar-refractivity contribution in [2.75, 3.05) is 19.8 Å². The van der Waals surface area contributed by atoms with E-state index in [2.05, 4.69) is 47.1 Å². The van der Waals surface area contributed by atoms with Crippen LogP contribution in [0.2, 0.25) is 0 Å². The van der Waals surface area contributed by atoms with Crippen molar-refractivity contribution in [1.82, 2.24) is 15.1 Å². The van der Waals surface area contributed by atoms with Gasteiger partial charge in [0.2, 0.25) is 0 Å². The van der Waals surface area contributed by atoms with Gasteiger partial charge in [0, 0.05) is 31.2 Å². The van der Waals surface area contributed by atoms with Gasteiger partial charge in [-0.25, -0.2) is 0 Å². The zero-order chi connectivity index (χ0) is 15.7. The number of rotatable bonds is 4. The first-order valence-corrected chi connectivity index (χ1v) is 8.53. The minimum absolute atomic E-state index is 0.129. The smallest absolute Gasteiger partial charge is 0.0738 e. The molecule has 1 N–H and O–H groups in total. The Morgan fingerprint density at radius 2 is 2.14 bits per heavy atom. The number of nitrogens with one attached hydrogen (secondary N) is 1. The highest BCUT2D eigenvalue weighted by atomic mass is 79.9. The summed E-state index contributed by atoms with van der Waals surface area (Å²) in [6.07, 6.45) is 3.33. The zero-order valence-corrected chi connectivity index (χ0v) is 15.5. The molecule has 1 aliphatic rings. The Hall–Kier alpha value is -0.390. The van der Waals surface area contributed by atoms with Crippen molar-refractivity contribution >= 4 is 15.9 Å².